The molecule has 0 bridgehead atoms. The summed E-state index contributed by atoms with van der Waals surface area (Å²) < 4.78 is 14.3. The van der Waals surface area contributed by atoms with Gasteiger partial charge in [0.25, 0.3) is 11.8 Å². The molecule has 0 saturated carbocycles. The molecule has 2 saturated heterocycles. The molecule has 3 aromatic rings. The first-order chi connectivity index (χ1) is 18.3. The molecule has 3 atom stereocenters. The zero-order valence-corrected chi connectivity index (χ0v) is 22.5. The van der Waals surface area contributed by atoms with Gasteiger partial charge in [-0.25, -0.2) is 4.39 Å². The van der Waals surface area contributed by atoms with Crippen molar-refractivity contribution in [3.8, 4) is 0 Å². The summed E-state index contributed by atoms with van der Waals surface area (Å²) in [5.41, 5.74) is 3.74. The van der Waals surface area contributed by atoms with Gasteiger partial charge in [0.05, 0.1) is 16.6 Å². The van der Waals surface area contributed by atoms with Gasteiger partial charge in [-0.2, -0.15) is 0 Å². The number of nitrogens with one attached hydrogen (secondary N) is 1. The second kappa shape index (κ2) is 11.3. The highest BCUT2D eigenvalue weighted by molar-refractivity contribution is 6.33. The smallest absolute Gasteiger partial charge is 0.258 e. The molecule has 2 amide bonds. The number of nitrogens with zero attached hydrogens (tertiary/aromatic N) is 2. The predicted octanol–water partition coefficient (Wildman–Crippen LogP) is 5.66. The van der Waals surface area contributed by atoms with Crippen LogP contribution in [-0.2, 0) is 0 Å². The monoisotopic (exact) mass is 533 g/mol. The molecule has 2 aliphatic heterocycles. The van der Waals surface area contributed by atoms with Gasteiger partial charge >= 0.3 is 0 Å². The summed E-state index contributed by atoms with van der Waals surface area (Å²) >= 11 is 6.13. The van der Waals surface area contributed by atoms with E-state index < -0.39 is 5.82 Å². The molecule has 0 radical (unpaired) electrons. The second-order valence-electron chi connectivity index (χ2n) is 10.6. The first-order valence-corrected chi connectivity index (χ1v) is 13.6. The molecule has 2 aliphatic rings. The van der Waals surface area contributed by atoms with E-state index in [0.717, 1.165) is 48.3 Å². The Morgan fingerprint density at radius 1 is 0.895 bits per heavy atom. The van der Waals surface area contributed by atoms with Crippen LogP contribution in [0.3, 0.4) is 0 Å². The van der Waals surface area contributed by atoms with Crippen molar-refractivity contribution in [1.29, 1.82) is 0 Å². The summed E-state index contributed by atoms with van der Waals surface area (Å²) in [5.74, 6) is -0.245. The molecular weight excluding hydrogens is 501 g/mol. The van der Waals surface area contributed by atoms with Crippen molar-refractivity contribution in [3.63, 3.8) is 0 Å². The van der Waals surface area contributed by atoms with Crippen LogP contribution < -0.4 is 5.32 Å². The number of aryl methyl sites for hydroxylation is 2. The van der Waals surface area contributed by atoms with Crippen LogP contribution in [0.1, 0.15) is 49.9 Å². The molecule has 0 aromatic heterocycles. The summed E-state index contributed by atoms with van der Waals surface area (Å²) in [7, 11) is 0. The Balaban J connectivity index is 1.21. The molecular formula is C31H33ClFN3O2. The first kappa shape index (κ1) is 26.4. The van der Waals surface area contributed by atoms with E-state index in [-0.39, 0.29) is 28.4 Å². The van der Waals surface area contributed by atoms with E-state index in [1.165, 1.54) is 12.1 Å². The number of hydrogen-bond donors (Lipinski definition) is 1. The molecule has 3 aromatic carbocycles. The maximum atomic E-state index is 14.3. The van der Waals surface area contributed by atoms with Crippen molar-refractivity contribution >= 4 is 23.4 Å². The SMILES string of the molecule is Cc1cccc(C)c1C(=O)NC(CCN1CC2CN(C(=O)c3c(F)cccc3Cl)C[C@@H]2C1)c1ccccc1. The third-order valence-electron chi connectivity index (χ3n) is 7.98. The fourth-order valence-electron chi connectivity index (χ4n) is 6.02. The molecule has 198 valence electrons. The lowest BCUT2D eigenvalue weighted by molar-refractivity contribution is 0.0769. The number of fused-ring (bicyclic) bond motifs is 1. The van der Waals surface area contributed by atoms with Gasteiger partial charge in [-0.3, -0.25) is 9.59 Å². The summed E-state index contributed by atoms with van der Waals surface area (Å²) in [5, 5.41) is 3.45. The second-order valence-corrected chi connectivity index (χ2v) is 11.0. The van der Waals surface area contributed by atoms with Crippen LogP contribution in [0, 0.1) is 31.5 Å². The van der Waals surface area contributed by atoms with Crippen LogP contribution in [0.5, 0.6) is 0 Å². The summed E-state index contributed by atoms with van der Waals surface area (Å²) in [6, 6.07) is 20.3. The molecule has 1 N–H and O–H groups in total. The van der Waals surface area contributed by atoms with Crippen LogP contribution in [0.2, 0.25) is 5.02 Å². The van der Waals surface area contributed by atoms with Gasteiger partial charge in [0.1, 0.15) is 5.82 Å². The average Bonchev–Trinajstić information content (AvgIpc) is 3.46. The molecule has 2 fully saturated rings. The van der Waals surface area contributed by atoms with Crippen molar-refractivity contribution < 1.29 is 14.0 Å². The molecule has 0 aliphatic carbocycles. The Morgan fingerprint density at radius 3 is 2.16 bits per heavy atom. The molecule has 2 unspecified atom stereocenters. The van der Waals surface area contributed by atoms with E-state index >= 15 is 0 Å². The number of likely N-dealkylation sites (tertiary alicyclic amines) is 2. The average molecular weight is 534 g/mol. The van der Waals surface area contributed by atoms with E-state index in [9.17, 15) is 14.0 Å². The quantitative estimate of drug-likeness (QED) is 0.426. The van der Waals surface area contributed by atoms with Crippen LogP contribution >= 0.6 is 11.6 Å². The maximum absolute atomic E-state index is 14.3. The van der Waals surface area contributed by atoms with Gasteiger partial charge in [0.2, 0.25) is 0 Å². The number of carbonyl (C=O) groups excluding carboxylic acids is 2. The number of benzene rings is 3. The summed E-state index contributed by atoms with van der Waals surface area (Å²) in [6.45, 7) is 7.75. The summed E-state index contributed by atoms with van der Waals surface area (Å²) in [4.78, 5) is 30.5. The highest BCUT2D eigenvalue weighted by Crippen LogP contribution is 2.34. The lowest BCUT2D eigenvalue weighted by Crippen LogP contribution is -2.36. The fourth-order valence-corrected chi connectivity index (χ4v) is 6.26. The van der Waals surface area contributed by atoms with Crippen LogP contribution in [0.25, 0.3) is 0 Å². The van der Waals surface area contributed by atoms with Gasteiger partial charge in [0.15, 0.2) is 0 Å². The molecule has 0 spiro atoms. The zero-order valence-electron chi connectivity index (χ0n) is 21.8. The Kier molecular flexibility index (Phi) is 7.82. The number of amides is 2. The van der Waals surface area contributed by atoms with Gasteiger partial charge in [-0.15, -0.1) is 0 Å². The largest absolute Gasteiger partial charge is 0.345 e. The minimum Gasteiger partial charge on any atom is -0.345 e. The van der Waals surface area contributed by atoms with Crippen LogP contribution in [0.15, 0.2) is 66.7 Å². The topological polar surface area (TPSA) is 52.7 Å². The number of rotatable bonds is 7. The number of hydrogen-bond acceptors (Lipinski definition) is 3. The van der Waals surface area contributed by atoms with Gasteiger partial charge in [-0.1, -0.05) is 66.2 Å². The molecule has 5 nitrogen and oxygen atoms in total. The van der Waals surface area contributed by atoms with Gasteiger partial charge in [0, 0.05) is 38.3 Å². The minimum absolute atomic E-state index is 0.0312. The lowest BCUT2D eigenvalue weighted by Gasteiger charge is -2.25. The Labute approximate surface area is 228 Å². The predicted molar refractivity (Wildman–Crippen MR) is 148 cm³/mol. The Morgan fingerprint density at radius 2 is 1.53 bits per heavy atom. The van der Waals surface area contributed by atoms with Gasteiger partial charge in [-0.05, 0) is 60.9 Å². The zero-order chi connectivity index (χ0) is 26.8. The van der Waals surface area contributed by atoms with Crippen LogP contribution in [-0.4, -0.2) is 54.3 Å². The van der Waals surface area contributed by atoms with Crippen molar-refractivity contribution in [1.82, 2.24) is 15.1 Å². The van der Waals surface area contributed by atoms with Crippen molar-refractivity contribution in [2.24, 2.45) is 11.8 Å². The van der Waals surface area contributed by atoms with Crippen LogP contribution in [0.4, 0.5) is 4.39 Å². The number of carbonyl (C=O) groups is 2. The van der Waals surface area contributed by atoms with E-state index in [4.69, 9.17) is 11.6 Å². The van der Waals surface area contributed by atoms with Crippen molar-refractivity contribution in [3.05, 3.63) is 105 Å². The van der Waals surface area contributed by atoms with Crippen molar-refractivity contribution in [2.75, 3.05) is 32.7 Å². The number of halogens is 2. The summed E-state index contributed by atoms with van der Waals surface area (Å²) in [6.07, 6.45) is 0.785. The Hall–Kier alpha value is -3.22. The molecule has 7 heteroatoms. The lowest BCUT2D eigenvalue weighted by atomic mass is 9.99. The van der Waals surface area contributed by atoms with E-state index in [1.54, 1.807) is 11.0 Å². The standard InChI is InChI=1S/C31H33ClFN3O2/c1-20-8-6-9-21(2)28(20)30(37)34-27(22-10-4-3-5-11-22)14-15-35-16-23-18-36(19-24(23)17-35)31(38)29-25(32)12-7-13-26(29)33/h3-13,23-24,27H,14-19H2,1-2H3,(H,34,37)/t23-,24?,27?/m0/s1. The Bertz CT molecular complexity index is 1280. The first-order valence-electron chi connectivity index (χ1n) is 13.2. The normalized spacial score (nSPS) is 19.8. The minimum atomic E-state index is -0.573. The van der Waals surface area contributed by atoms with Gasteiger partial charge < -0.3 is 15.1 Å². The third kappa shape index (κ3) is 5.47. The van der Waals surface area contributed by atoms with E-state index in [1.807, 2.05) is 50.2 Å². The third-order valence-corrected chi connectivity index (χ3v) is 8.29. The maximum Gasteiger partial charge on any atom is 0.258 e. The highest BCUT2D eigenvalue weighted by atomic mass is 35.5. The fraction of sp³-hybridized carbons (Fsp3) is 0.355. The van der Waals surface area contributed by atoms with Crippen molar-refractivity contribution in [2.45, 2.75) is 26.3 Å². The molecule has 5 rings (SSSR count). The highest BCUT2D eigenvalue weighted by Gasteiger charge is 2.42. The molecule has 2 heterocycles. The molecule has 38 heavy (non-hydrogen) atoms. The van der Waals surface area contributed by atoms with E-state index in [2.05, 4.69) is 22.3 Å². The van der Waals surface area contributed by atoms with E-state index in [0.29, 0.717) is 24.9 Å².